The maximum absolute atomic E-state index is 13.0. The van der Waals surface area contributed by atoms with E-state index in [0.717, 1.165) is 14.0 Å². The molecule has 2 aromatic rings. The highest BCUT2D eigenvalue weighted by molar-refractivity contribution is 9.10. The Bertz CT molecular complexity index is 867. The summed E-state index contributed by atoms with van der Waals surface area (Å²) in [6.45, 7) is 0.262. The molecule has 0 saturated heterocycles. The van der Waals surface area contributed by atoms with Gasteiger partial charge in [-0.15, -0.1) is 16.4 Å². The number of aromatic nitrogens is 3. The summed E-state index contributed by atoms with van der Waals surface area (Å²) in [5.41, 5.74) is -0.900. The maximum atomic E-state index is 13.0. The van der Waals surface area contributed by atoms with Crippen LogP contribution in [0.1, 0.15) is 22.7 Å². The predicted octanol–water partition coefficient (Wildman–Crippen LogP) is 2.15. The van der Waals surface area contributed by atoms with Gasteiger partial charge in [0.05, 0.1) is 12.3 Å². The van der Waals surface area contributed by atoms with Gasteiger partial charge < -0.3 is 4.90 Å². The first-order valence-corrected chi connectivity index (χ1v) is 10.4. The van der Waals surface area contributed by atoms with E-state index in [1.165, 1.54) is 30.3 Å². The highest BCUT2D eigenvalue weighted by Crippen LogP contribution is 2.23. The Kier molecular flexibility index (Phi) is 6.27. The van der Waals surface area contributed by atoms with E-state index in [9.17, 15) is 22.0 Å². The van der Waals surface area contributed by atoms with Crippen molar-refractivity contribution in [1.82, 2.24) is 19.9 Å². The number of aryl methyl sites for hydroxylation is 1. The van der Waals surface area contributed by atoms with E-state index < -0.39 is 39.4 Å². The average molecular weight is 457 g/mol. The van der Waals surface area contributed by atoms with Crippen LogP contribution in [0.2, 0.25) is 0 Å². The number of thiophene rings is 1. The van der Waals surface area contributed by atoms with Crippen molar-refractivity contribution in [3.05, 3.63) is 32.2 Å². The van der Waals surface area contributed by atoms with Crippen LogP contribution in [0.15, 0.2) is 15.9 Å². The summed E-state index contributed by atoms with van der Waals surface area (Å²) in [6.07, 6.45) is -2.90. The van der Waals surface area contributed by atoms with E-state index in [1.54, 1.807) is 0 Å². The minimum Gasteiger partial charge on any atom is -0.340 e. The van der Waals surface area contributed by atoms with Crippen LogP contribution in [-0.4, -0.2) is 47.0 Å². The molecule has 0 spiro atoms. The van der Waals surface area contributed by atoms with Gasteiger partial charge in [0.25, 0.3) is 6.43 Å². The van der Waals surface area contributed by atoms with E-state index in [-0.39, 0.29) is 12.2 Å². The van der Waals surface area contributed by atoms with E-state index in [2.05, 4.69) is 26.2 Å². The lowest BCUT2D eigenvalue weighted by Gasteiger charge is -2.16. The summed E-state index contributed by atoms with van der Waals surface area (Å²) < 4.78 is 52.0. The second kappa shape index (κ2) is 7.87. The number of amides is 1. The van der Waals surface area contributed by atoms with Crippen molar-refractivity contribution < 1.29 is 22.0 Å². The van der Waals surface area contributed by atoms with Gasteiger partial charge in [-0.25, -0.2) is 21.9 Å². The lowest BCUT2D eigenvalue weighted by atomic mass is 10.3. The summed E-state index contributed by atoms with van der Waals surface area (Å²) in [5, 5.41) is 8.74. The SMILES string of the molecule is CN(Cc1cc(Br)cs1)C(=O)CS(=O)(=O)Cc1nnn(C)c1C(F)F. The zero-order valence-corrected chi connectivity index (χ0v) is 16.5. The molecule has 7 nitrogen and oxygen atoms in total. The minimum atomic E-state index is -3.95. The van der Waals surface area contributed by atoms with E-state index in [1.807, 2.05) is 11.4 Å². The average Bonchev–Trinajstić information content (AvgIpc) is 3.03. The van der Waals surface area contributed by atoms with Gasteiger partial charge in [-0.1, -0.05) is 5.21 Å². The number of hydrogen-bond donors (Lipinski definition) is 0. The molecule has 1 amide bonds. The van der Waals surface area contributed by atoms with Crippen LogP contribution in [0.3, 0.4) is 0 Å². The Morgan fingerprint density at radius 3 is 2.72 bits per heavy atom. The summed E-state index contributed by atoms with van der Waals surface area (Å²) in [5.74, 6) is -2.16. The van der Waals surface area contributed by atoms with E-state index >= 15 is 0 Å². The van der Waals surface area contributed by atoms with Crippen LogP contribution < -0.4 is 0 Å². The van der Waals surface area contributed by atoms with Crippen LogP contribution in [0.25, 0.3) is 0 Å². The van der Waals surface area contributed by atoms with E-state index in [4.69, 9.17) is 0 Å². The second-order valence-electron chi connectivity index (χ2n) is 5.36. The molecule has 138 valence electrons. The summed E-state index contributed by atoms with van der Waals surface area (Å²) in [7, 11) is -1.22. The van der Waals surface area contributed by atoms with Crippen molar-refractivity contribution in [2.45, 2.75) is 18.7 Å². The highest BCUT2D eigenvalue weighted by Gasteiger charge is 2.27. The molecular formula is C13H15BrF2N4O3S2. The van der Waals surface area contributed by atoms with Gasteiger partial charge in [0.2, 0.25) is 5.91 Å². The topological polar surface area (TPSA) is 85.2 Å². The van der Waals surface area contributed by atoms with Gasteiger partial charge in [-0.2, -0.15) is 0 Å². The van der Waals surface area contributed by atoms with Gasteiger partial charge in [-0.3, -0.25) is 4.79 Å². The largest absolute Gasteiger partial charge is 0.340 e. The molecule has 0 aliphatic carbocycles. The molecule has 0 aromatic carbocycles. The maximum Gasteiger partial charge on any atom is 0.281 e. The van der Waals surface area contributed by atoms with Crippen LogP contribution in [0.5, 0.6) is 0 Å². The molecule has 2 aromatic heterocycles. The fraction of sp³-hybridized carbons (Fsp3) is 0.462. The number of rotatable bonds is 7. The molecule has 0 unspecified atom stereocenters. The molecular weight excluding hydrogens is 442 g/mol. The number of carbonyl (C=O) groups excluding carboxylic acids is 1. The van der Waals surface area contributed by atoms with Crippen LogP contribution >= 0.6 is 27.3 Å². The second-order valence-corrected chi connectivity index (χ2v) is 9.33. The smallest absolute Gasteiger partial charge is 0.281 e. The minimum absolute atomic E-state index is 0.262. The first-order valence-electron chi connectivity index (χ1n) is 6.93. The van der Waals surface area contributed by atoms with Gasteiger partial charge in [-0.05, 0) is 22.0 Å². The monoisotopic (exact) mass is 456 g/mol. The first kappa shape index (κ1) is 19.9. The highest BCUT2D eigenvalue weighted by atomic mass is 79.9. The summed E-state index contributed by atoms with van der Waals surface area (Å²) >= 11 is 4.73. The van der Waals surface area contributed by atoms with Crippen LogP contribution in [0.4, 0.5) is 8.78 Å². The Labute approximate surface area is 155 Å². The number of hydrogen-bond acceptors (Lipinski definition) is 6. The molecule has 12 heteroatoms. The normalized spacial score (nSPS) is 11.9. The number of halogens is 3. The number of carbonyl (C=O) groups is 1. The predicted molar refractivity (Wildman–Crippen MR) is 91.9 cm³/mol. The lowest BCUT2D eigenvalue weighted by molar-refractivity contribution is -0.127. The molecule has 0 aliphatic rings. The summed E-state index contributed by atoms with van der Waals surface area (Å²) in [4.78, 5) is 14.3. The third-order valence-electron chi connectivity index (χ3n) is 3.29. The Hall–Kier alpha value is -1.40. The Morgan fingerprint density at radius 2 is 2.16 bits per heavy atom. The van der Waals surface area contributed by atoms with Crippen molar-refractivity contribution in [3.63, 3.8) is 0 Å². The van der Waals surface area contributed by atoms with Crippen LogP contribution in [0, 0.1) is 0 Å². The number of sulfone groups is 1. The Morgan fingerprint density at radius 1 is 1.48 bits per heavy atom. The van der Waals surface area contributed by atoms with Gasteiger partial charge in [0.15, 0.2) is 9.84 Å². The zero-order valence-electron chi connectivity index (χ0n) is 13.3. The van der Waals surface area contributed by atoms with Crippen molar-refractivity contribution in [2.75, 3.05) is 12.8 Å². The quantitative estimate of drug-likeness (QED) is 0.636. The number of nitrogens with zero attached hydrogens (tertiary/aromatic N) is 4. The Balaban J connectivity index is 2.04. The molecule has 25 heavy (non-hydrogen) atoms. The molecule has 0 N–H and O–H groups in total. The molecule has 2 heterocycles. The van der Waals surface area contributed by atoms with Crippen LogP contribution in [-0.2, 0) is 34.0 Å². The molecule has 0 saturated carbocycles. The van der Waals surface area contributed by atoms with Gasteiger partial charge in [0, 0.05) is 28.8 Å². The first-order chi connectivity index (χ1) is 11.6. The van der Waals surface area contributed by atoms with Gasteiger partial charge in [0.1, 0.15) is 17.1 Å². The van der Waals surface area contributed by atoms with Crippen molar-refractivity contribution in [2.24, 2.45) is 7.05 Å². The molecule has 2 rings (SSSR count). The zero-order chi connectivity index (χ0) is 18.8. The lowest BCUT2D eigenvalue weighted by Crippen LogP contribution is -2.32. The standard InChI is InChI=1S/C13H15BrF2N4O3S2/c1-19(4-9-3-8(14)5-24-9)11(21)7-25(22,23)6-10-12(13(15)16)20(2)18-17-10/h3,5,13H,4,6-7H2,1-2H3. The summed E-state index contributed by atoms with van der Waals surface area (Å²) in [6, 6.07) is 1.83. The fourth-order valence-electron chi connectivity index (χ4n) is 2.09. The van der Waals surface area contributed by atoms with Gasteiger partial charge >= 0.3 is 0 Å². The van der Waals surface area contributed by atoms with E-state index in [0.29, 0.717) is 0 Å². The fourth-order valence-corrected chi connectivity index (χ4v) is 4.92. The molecule has 0 atom stereocenters. The molecule has 0 aliphatic heterocycles. The molecule has 0 fully saturated rings. The number of alkyl halides is 2. The van der Waals surface area contributed by atoms with Crippen molar-refractivity contribution in [1.29, 1.82) is 0 Å². The van der Waals surface area contributed by atoms with Crippen molar-refractivity contribution in [3.8, 4) is 0 Å². The van der Waals surface area contributed by atoms with Crippen molar-refractivity contribution >= 4 is 43.0 Å². The third kappa shape index (κ3) is 5.28. The molecule has 0 radical (unpaired) electrons. The third-order valence-corrected chi connectivity index (χ3v) is 6.37. The molecule has 0 bridgehead atoms.